The molecule has 3 heteroatoms. The maximum Gasteiger partial charge on any atom is 0.150 e. The van der Waals surface area contributed by atoms with Crippen LogP contribution in [0.5, 0.6) is 0 Å². The highest BCUT2D eigenvalue weighted by Gasteiger charge is 2.27. The zero-order valence-corrected chi connectivity index (χ0v) is 10.8. The topological polar surface area (TPSA) is 15.6 Å². The van der Waals surface area contributed by atoms with Gasteiger partial charge in [-0.1, -0.05) is 13.0 Å². The molecule has 1 heterocycles. The second-order valence-corrected chi connectivity index (χ2v) is 5.49. The number of fused-ring (bicyclic) bond motifs is 1. The number of benzene rings is 1. The third-order valence-corrected chi connectivity index (χ3v) is 4.20. The number of hydrogen-bond acceptors (Lipinski definition) is 2. The van der Waals surface area contributed by atoms with E-state index in [0.29, 0.717) is 11.7 Å². The summed E-state index contributed by atoms with van der Waals surface area (Å²) in [4.78, 5) is 6.54. The normalized spacial score (nSPS) is 27.1. The lowest BCUT2D eigenvalue weighted by atomic mass is 9.86. The highest BCUT2D eigenvalue weighted by molar-refractivity contribution is 5.82. The Morgan fingerprint density at radius 2 is 2.00 bits per heavy atom. The summed E-state index contributed by atoms with van der Waals surface area (Å²) >= 11 is 0. The number of halogens is 1. The lowest BCUT2D eigenvalue weighted by Gasteiger charge is -2.38. The van der Waals surface area contributed by atoms with E-state index in [1.54, 1.807) is 6.07 Å². The summed E-state index contributed by atoms with van der Waals surface area (Å²) in [5, 5.41) is 0. The maximum absolute atomic E-state index is 13.7. The molecule has 1 aromatic rings. The van der Waals surface area contributed by atoms with E-state index in [1.807, 2.05) is 12.3 Å². The molecule has 0 aromatic heterocycles. The van der Waals surface area contributed by atoms with E-state index in [4.69, 9.17) is 0 Å². The molecule has 1 fully saturated rings. The minimum absolute atomic E-state index is 0.211. The Hall–Kier alpha value is -1.38. The molecular formula is C15H19FN2. The van der Waals surface area contributed by atoms with Crippen molar-refractivity contribution in [2.75, 3.05) is 11.4 Å². The van der Waals surface area contributed by atoms with Crippen molar-refractivity contribution in [3.63, 3.8) is 0 Å². The molecule has 0 radical (unpaired) electrons. The van der Waals surface area contributed by atoms with Gasteiger partial charge in [0.2, 0.25) is 0 Å². The zero-order chi connectivity index (χ0) is 12.5. The summed E-state index contributed by atoms with van der Waals surface area (Å²) in [6, 6.07) is 5.82. The van der Waals surface area contributed by atoms with Crippen LogP contribution >= 0.6 is 0 Å². The number of rotatable bonds is 1. The number of hydrogen-bond donors (Lipinski definition) is 0. The van der Waals surface area contributed by atoms with Crippen molar-refractivity contribution in [3.8, 4) is 0 Å². The van der Waals surface area contributed by atoms with Gasteiger partial charge in [-0.05, 0) is 43.7 Å². The van der Waals surface area contributed by atoms with Gasteiger partial charge in [0.25, 0.3) is 0 Å². The highest BCUT2D eigenvalue weighted by Crippen LogP contribution is 2.38. The molecule has 1 aliphatic carbocycles. The van der Waals surface area contributed by atoms with Gasteiger partial charge in [0.05, 0.1) is 12.2 Å². The Morgan fingerprint density at radius 3 is 2.78 bits per heavy atom. The Labute approximate surface area is 108 Å². The zero-order valence-electron chi connectivity index (χ0n) is 10.8. The van der Waals surface area contributed by atoms with Crippen molar-refractivity contribution >= 4 is 17.6 Å². The Kier molecular flexibility index (Phi) is 3.06. The largest absolute Gasteiger partial charge is 0.361 e. The van der Waals surface area contributed by atoms with Crippen molar-refractivity contribution in [3.05, 3.63) is 24.0 Å². The fourth-order valence-electron chi connectivity index (χ4n) is 3.08. The molecule has 0 saturated heterocycles. The first kappa shape index (κ1) is 11.7. The predicted molar refractivity (Wildman–Crippen MR) is 73.3 cm³/mol. The van der Waals surface area contributed by atoms with Crippen molar-refractivity contribution in [1.29, 1.82) is 0 Å². The van der Waals surface area contributed by atoms with Crippen molar-refractivity contribution in [1.82, 2.24) is 0 Å². The number of anilines is 1. The van der Waals surface area contributed by atoms with Gasteiger partial charge in [0, 0.05) is 12.3 Å². The number of para-hydroxylation sites is 1. The summed E-state index contributed by atoms with van der Waals surface area (Å²) in [6.07, 6.45) is 6.82. The van der Waals surface area contributed by atoms with Crippen LogP contribution in [-0.2, 0) is 0 Å². The van der Waals surface area contributed by atoms with Crippen LogP contribution in [0, 0.1) is 11.7 Å². The van der Waals surface area contributed by atoms with Crippen LogP contribution in [0.25, 0.3) is 0 Å². The summed E-state index contributed by atoms with van der Waals surface area (Å²) in [6.45, 7) is 3.14. The molecule has 96 valence electrons. The van der Waals surface area contributed by atoms with E-state index in [0.717, 1.165) is 18.2 Å². The van der Waals surface area contributed by atoms with E-state index < -0.39 is 0 Å². The van der Waals surface area contributed by atoms with E-state index in [9.17, 15) is 4.39 Å². The monoisotopic (exact) mass is 246 g/mol. The van der Waals surface area contributed by atoms with Crippen LogP contribution in [0.2, 0.25) is 0 Å². The molecular weight excluding hydrogens is 227 g/mol. The third-order valence-electron chi connectivity index (χ3n) is 4.20. The number of aliphatic imine (C=N–C) groups is 1. The van der Waals surface area contributed by atoms with Crippen molar-refractivity contribution in [2.24, 2.45) is 10.9 Å². The van der Waals surface area contributed by atoms with Gasteiger partial charge in [-0.3, -0.25) is 4.99 Å². The fraction of sp³-hybridized carbons (Fsp3) is 0.533. The first-order valence-corrected chi connectivity index (χ1v) is 6.83. The molecule has 0 bridgehead atoms. The Bertz CT molecular complexity index is 462. The van der Waals surface area contributed by atoms with E-state index in [1.165, 1.54) is 31.7 Å². The minimum Gasteiger partial charge on any atom is -0.361 e. The SMILES string of the molecule is CC1CCC(N2CC=Nc3c(F)cccc32)CC1. The van der Waals surface area contributed by atoms with Crippen LogP contribution in [0.15, 0.2) is 23.2 Å². The van der Waals surface area contributed by atoms with Gasteiger partial charge in [-0.15, -0.1) is 0 Å². The summed E-state index contributed by atoms with van der Waals surface area (Å²) < 4.78 is 13.7. The summed E-state index contributed by atoms with van der Waals surface area (Å²) in [7, 11) is 0. The molecule has 2 nitrogen and oxygen atoms in total. The lowest BCUT2D eigenvalue weighted by molar-refractivity contribution is 0.338. The van der Waals surface area contributed by atoms with Crippen molar-refractivity contribution in [2.45, 2.75) is 38.6 Å². The molecule has 3 rings (SSSR count). The van der Waals surface area contributed by atoms with E-state index in [-0.39, 0.29) is 5.82 Å². The molecule has 1 saturated carbocycles. The lowest BCUT2D eigenvalue weighted by Crippen LogP contribution is -2.40. The quantitative estimate of drug-likeness (QED) is 0.733. The molecule has 1 aliphatic heterocycles. The molecule has 0 amide bonds. The first-order valence-electron chi connectivity index (χ1n) is 6.83. The van der Waals surface area contributed by atoms with Gasteiger partial charge >= 0.3 is 0 Å². The Morgan fingerprint density at radius 1 is 1.22 bits per heavy atom. The number of nitrogens with zero attached hydrogens (tertiary/aromatic N) is 2. The summed E-state index contributed by atoms with van der Waals surface area (Å²) in [5.74, 6) is 0.629. The van der Waals surface area contributed by atoms with Gasteiger partial charge in [-0.25, -0.2) is 4.39 Å². The minimum atomic E-state index is -0.211. The van der Waals surface area contributed by atoms with Crippen LogP contribution < -0.4 is 4.90 Å². The standard InChI is InChI=1S/C15H19FN2/c1-11-5-7-12(8-6-11)18-10-9-17-15-13(16)3-2-4-14(15)18/h2-4,9,11-12H,5-8,10H2,1H3. The van der Waals surface area contributed by atoms with Crippen LogP contribution in [0.3, 0.4) is 0 Å². The van der Waals surface area contributed by atoms with E-state index >= 15 is 0 Å². The van der Waals surface area contributed by atoms with Gasteiger partial charge < -0.3 is 4.90 Å². The van der Waals surface area contributed by atoms with Crippen molar-refractivity contribution < 1.29 is 4.39 Å². The smallest absolute Gasteiger partial charge is 0.150 e. The average Bonchev–Trinajstić information content (AvgIpc) is 2.40. The van der Waals surface area contributed by atoms with Crippen LogP contribution in [0.1, 0.15) is 32.6 Å². The second kappa shape index (κ2) is 4.71. The molecule has 2 aliphatic rings. The second-order valence-electron chi connectivity index (χ2n) is 5.49. The van der Waals surface area contributed by atoms with Crippen LogP contribution in [-0.4, -0.2) is 18.8 Å². The molecule has 0 spiro atoms. The van der Waals surface area contributed by atoms with E-state index in [2.05, 4.69) is 16.8 Å². The Balaban J connectivity index is 1.87. The van der Waals surface area contributed by atoms with Gasteiger partial charge in [0.15, 0.2) is 5.82 Å². The van der Waals surface area contributed by atoms with Gasteiger partial charge in [-0.2, -0.15) is 0 Å². The first-order chi connectivity index (χ1) is 8.75. The summed E-state index contributed by atoms with van der Waals surface area (Å²) in [5.41, 5.74) is 1.49. The third kappa shape index (κ3) is 2.02. The molecule has 0 unspecified atom stereocenters. The average molecular weight is 246 g/mol. The molecule has 1 aromatic carbocycles. The highest BCUT2D eigenvalue weighted by atomic mass is 19.1. The molecule has 0 N–H and O–H groups in total. The van der Waals surface area contributed by atoms with Crippen LogP contribution in [0.4, 0.5) is 15.8 Å². The fourth-order valence-corrected chi connectivity index (χ4v) is 3.08. The molecule has 18 heavy (non-hydrogen) atoms. The van der Waals surface area contributed by atoms with Gasteiger partial charge in [0.1, 0.15) is 5.69 Å². The molecule has 0 atom stereocenters. The predicted octanol–water partition coefficient (Wildman–Crippen LogP) is 3.93. The maximum atomic E-state index is 13.7.